The maximum absolute atomic E-state index is 11.7. The second-order valence-corrected chi connectivity index (χ2v) is 9.12. The molecule has 0 saturated carbocycles. The average molecular weight is 458 g/mol. The molecule has 1 amide bonds. The number of carboxylic acids is 1. The fraction of sp³-hybridized carbons (Fsp3) is 0.733. The van der Waals surface area contributed by atoms with Gasteiger partial charge in [0, 0.05) is 23.5 Å². The summed E-state index contributed by atoms with van der Waals surface area (Å²) in [5.41, 5.74) is 9.82. The van der Waals surface area contributed by atoms with E-state index in [1.165, 1.54) is 13.8 Å². The normalized spacial score (nSPS) is 14.4. The SMILES string of the molecule is CC(C)(CO)[C@@H](O)C(=O)NCCC(=O)OOC(=O)C(N)CSSCC(N)C(=O)O. The largest absolute Gasteiger partial charge is 0.480 e. The number of aliphatic hydroxyl groups is 2. The number of carbonyl (C=O) groups excluding carboxylic acids is 3. The fourth-order valence-corrected chi connectivity index (χ4v) is 3.62. The van der Waals surface area contributed by atoms with Gasteiger partial charge in [0.05, 0.1) is 13.0 Å². The molecule has 168 valence electrons. The summed E-state index contributed by atoms with van der Waals surface area (Å²) in [6, 6.07) is -2.15. The summed E-state index contributed by atoms with van der Waals surface area (Å²) in [6.07, 6.45) is -1.81. The van der Waals surface area contributed by atoms with Crippen LogP contribution in [0.5, 0.6) is 0 Å². The summed E-state index contributed by atoms with van der Waals surface area (Å²) in [5, 5.41) is 29.8. The Balaban J connectivity index is 4.02. The number of rotatable bonds is 13. The van der Waals surface area contributed by atoms with Gasteiger partial charge in [0.15, 0.2) is 0 Å². The Labute approximate surface area is 175 Å². The third-order valence-corrected chi connectivity index (χ3v) is 5.91. The quantitative estimate of drug-likeness (QED) is 0.0765. The van der Waals surface area contributed by atoms with E-state index in [9.17, 15) is 24.3 Å². The van der Waals surface area contributed by atoms with Crippen LogP contribution in [0.4, 0.5) is 0 Å². The Kier molecular flexibility index (Phi) is 12.9. The van der Waals surface area contributed by atoms with Crippen molar-refractivity contribution in [3.05, 3.63) is 0 Å². The van der Waals surface area contributed by atoms with Crippen molar-refractivity contribution >= 4 is 45.4 Å². The Hall–Kier alpha value is -1.58. The van der Waals surface area contributed by atoms with Gasteiger partial charge in [-0.1, -0.05) is 35.4 Å². The second kappa shape index (κ2) is 13.6. The van der Waals surface area contributed by atoms with Crippen molar-refractivity contribution < 1.29 is 44.3 Å². The molecule has 0 spiro atoms. The van der Waals surface area contributed by atoms with Gasteiger partial charge in [-0.15, -0.1) is 0 Å². The fourth-order valence-electron chi connectivity index (χ4n) is 1.40. The molecule has 0 aliphatic rings. The minimum atomic E-state index is -1.47. The highest BCUT2D eigenvalue weighted by Gasteiger charge is 2.32. The molecule has 3 atom stereocenters. The number of carboxylic acid groups (broad SMARTS) is 1. The van der Waals surface area contributed by atoms with E-state index < -0.39 is 54.0 Å². The maximum Gasteiger partial charge on any atom is 0.372 e. The monoisotopic (exact) mass is 457 g/mol. The predicted molar refractivity (Wildman–Crippen MR) is 105 cm³/mol. The van der Waals surface area contributed by atoms with E-state index in [1.54, 1.807) is 0 Å². The van der Waals surface area contributed by atoms with Crippen LogP contribution in [-0.4, -0.2) is 82.0 Å². The van der Waals surface area contributed by atoms with Gasteiger partial charge in [-0.25, -0.2) is 19.4 Å². The number of nitrogens with two attached hydrogens (primary N) is 2. The topological polar surface area (TPSA) is 212 Å². The molecule has 0 saturated heterocycles. The molecule has 2 unspecified atom stereocenters. The molecule has 14 heteroatoms. The molecule has 0 aromatic carbocycles. The summed E-state index contributed by atoms with van der Waals surface area (Å²) in [6.45, 7) is 2.39. The number of aliphatic carboxylic acids is 1. The lowest BCUT2D eigenvalue weighted by molar-refractivity contribution is -0.259. The lowest BCUT2D eigenvalue weighted by atomic mass is 9.87. The van der Waals surface area contributed by atoms with E-state index in [1.807, 2.05) is 0 Å². The third-order valence-electron chi connectivity index (χ3n) is 3.44. The molecule has 0 aliphatic heterocycles. The van der Waals surface area contributed by atoms with Gasteiger partial charge in [0.2, 0.25) is 5.91 Å². The van der Waals surface area contributed by atoms with Crippen LogP contribution in [0.1, 0.15) is 20.3 Å². The smallest absolute Gasteiger partial charge is 0.372 e. The van der Waals surface area contributed by atoms with Crippen molar-refractivity contribution in [3.8, 4) is 0 Å². The van der Waals surface area contributed by atoms with E-state index in [0.717, 1.165) is 21.6 Å². The minimum absolute atomic E-state index is 0.0714. The van der Waals surface area contributed by atoms with Crippen LogP contribution in [0.15, 0.2) is 0 Å². The number of amides is 1. The molecular formula is C15H27N3O9S2. The van der Waals surface area contributed by atoms with Crippen LogP contribution >= 0.6 is 21.6 Å². The Morgan fingerprint density at radius 2 is 1.62 bits per heavy atom. The van der Waals surface area contributed by atoms with Crippen molar-refractivity contribution in [3.63, 3.8) is 0 Å². The molecule has 12 nitrogen and oxygen atoms in total. The van der Waals surface area contributed by atoms with E-state index in [2.05, 4.69) is 15.1 Å². The van der Waals surface area contributed by atoms with E-state index in [-0.39, 0.29) is 24.5 Å². The first-order valence-electron chi connectivity index (χ1n) is 8.38. The second-order valence-electron chi connectivity index (χ2n) is 6.57. The van der Waals surface area contributed by atoms with Crippen molar-refractivity contribution in [2.24, 2.45) is 16.9 Å². The van der Waals surface area contributed by atoms with Gasteiger partial charge in [-0.05, 0) is 0 Å². The van der Waals surface area contributed by atoms with E-state index in [0.29, 0.717) is 0 Å². The van der Waals surface area contributed by atoms with Gasteiger partial charge >= 0.3 is 17.9 Å². The van der Waals surface area contributed by atoms with Gasteiger partial charge in [-0.2, -0.15) is 0 Å². The molecule has 0 rings (SSSR count). The molecule has 0 aromatic heterocycles. The van der Waals surface area contributed by atoms with Crippen molar-refractivity contribution in [1.82, 2.24) is 5.32 Å². The highest BCUT2D eigenvalue weighted by Crippen LogP contribution is 2.22. The zero-order valence-electron chi connectivity index (χ0n) is 16.0. The summed E-state index contributed by atoms with van der Waals surface area (Å²) in [4.78, 5) is 54.0. The highest BCUT2D eigenvalue weighted by molar-refractivity contribution is 8.76. The number of nitrogens with one attached hydrogen (secondary N) is 1. The zero-order chi connectivity index (χ0) is 22.6. The highest BCUT2D eigenvalue weighted by atomic mass is 33.1. The summed E-state index contributed by atoms with van der Waals surface area (Å²) >= 11 is 0. The summed E-state index contributed by atoms with van der Waals surface area (Å²) < 4.78 is 0. The maximum atomic E-state index is 11.7. The van der Waals surface area contributed by atoms with Crippen LogP contribution in [-0.2, 0) is 29.0 Å². The molecule has 0 radical (unpaired) electrons. The molecule has 0 heterocycles. The zero-order valence-corrected chi connectivity index (χ0v) is 17.7. The van der Waals surface area contributed by atoms with Crippen LogP contribution in [0.25, 0.3) is 0 Å². The van der Waals surface area contributed by atoms with Gasteiger partial charge in [0.25, 0.3) is 0 Å². The van der Waals surface area contributed by atoms with Gasteiger partial charge in [-0.3, -0.25) is 9.59 Å². The number of aliphatic hydroxyl groups excluding tert-OH is 2. The van der Waals surface area contributed by atoms with Gasteiger partial charge < -0.3 is 32.1 Å². The van der Waals surface area contributed by atoms with Crippen LogP contribution in [0.3, 0.4) is 0 Å². The van der Waals surface area contributed by atoms with Crippen LogP contribution in [0.2, 0.25) is 0 Å². The van der Waals surface area contributed by atoms with E-state index >= 15 is 0 Å². The Bertz CT molecular complexity index is 577. The Morgan fingerprint density at radius 1 is 1.07 bits per heavy atom. The molecular weight excluding hydrogens is 430 g/mol. The van der Waals surface area contributed by atoms with Crippen molar-refractivity contribution in [2.75, 3.05) is 24.7 Å². The summed E-state index contributed by atoms with van der Waals surface area (Å²) in [7, 11) is 2.23. The van der Waals surface area contributed by atoms with Crippen LogP contribution < -0.4 is 16.8 Å². The number of carbonyl (C=O) groups is 4. The first kappa shape index (κ1) is 27.4. The first-order chi connectivity index (χ1) is 13.4. The standard InChI is InChI=1S/C15H27N3O9S2/c1-15(2,7-19)11(21)12(22)18-4-3-10(20)26-27-14(25)9(17)6-29-28-5-8(16)13(23)24/h8-9,11,19,21H,3-7,16-17H2,1-2H3,(H,18,22)(H,23,24)/t8?,9?,11-/m0/s1. The third kappa shape index (κ3) is 11.3. The summed E-state index contributed by atoms with van der Waals surface area (Å²) in [5.74, 6) is -3.67. The van der Waals surface area contributed by atoms with Gasteiger partial charge in [0.1, 0.15) is 18.2 Å². The first-order valence-corrected chi connectivity index (χ1v) is 10.9. The van der Waals surface area contributed by atoms with E-state index in [4.69, 9.17) is 21.7 Å². The number of hydrogen-bond acceptors (Lipinski definition) is 12. The predicted octanol–water partition coefficient (Wildman–Crippen LogP) is -2.01. The molecule has 29 heavy (non-hydrogen) atoms. The minimum Gasteiger partial charge on any atom is -0.480 e. The lowest BCUT2D eigenvalue weighted by Crippen LogP contribution is -2.46. The molecule has 0 aromatic rings. The van der Waals surface area contributed by atoms with Crippen molar-refractivity contribution in [1.29, 1.82) is 0 Å². The molecule has 0 aliphatic carbocycles. The van der Waals surface area contributed by atoms with Crippen molar-refractivity contribution in [2.45, 2.75) is 38.5 Å². The molecule has 8 N–H and O–H groups in total. The lowest BCUT2D eigenvalue weighted by Gasteiger charge is -2.26. The molecule has 0 fully saturated rings. The average Bonchev–Trinajstić information content (AvgIpc) is 2.67. The molecule has 0 bridgehead atoms. The number of hydrogen-bond donors (Lipinski definition) is 6. The Morgan fingerprint density at radius 3 is 2.14 bits per heavy atom. The van der Waals surface area contributed by atoms with Crippen LogP contribution in [0, 0.1) is 5.41 Å².